The molecule has 0 saturated heterocycles. The van der Waals surface area contributed by atoms with Crippen LogP contribution in [0.25, 0.3) is 21.3 Å². The van der Waals surface area contributed by atoms with Gasteiger partial charge in [0.25, 0.3) is 0 Å². The maximum atomic E-state index is 5.22. The molecule has 136 valence electrons. The first-order valence-corrected chi connectivity index (χ1v) is 10.6. The first kappa shape index (κ1) is 18.0. The van der Waals surface area contributed by atoms with E-state index in [-0.39, 0.29) is 12.4 Å². The van der Waals surface area contributed by atoms with Gasteiger partial charge in [0.2, 0.25) is 0 Å². The molecule has 0 N–H and O–H groups in total. The average molecular weight is 384 g/mol. The molecule has 0 saturated carbocycles. The largest absolute Gasteiger partial charge is 0.241 e. The van der Waals surface area contributed by atoms with Crippen molar-refractivity contribution in [2.75, 3.05) is 0 Å². The van der Waals surface area contributed by atoms with Gasteiger partial charge in [0, 0.05) is 16.0 Å². The summed E-state index contributed by atoms with van der Waals surface area (Å²) in [5.41, 5.74) is 8.80. The predicted molar refractivity (Wildman–Crippen MR) is 115 cm³/mol. The van der Waals surface area contributed by atoms with E-state index in [2.05, 4.69) is 38.1 Å². The maximum Gasteiger partial charge on any atom is 0.124 e. The molecule has 2 aromatic heterocycles. The summed E-state index contributed by atoms with van der Waals surface area (Å²) in [6, 6.07) is 9.19. The average Bonchev–Trinajstić information content (AvgIpc) is 3.00. The number of aryl methyl sites for hydroxylation is 3. The van der Waals surface area contributed by atoms with E-state index in [1.165, 1.54) is 77.5 Å². The molecule has 0 spiro atoms. The van der Waals surface area contributed by atoms with Crippen LogP contribution in [0, 0.1) is 6.92 Å². The Morgan fingerprint density at radius 3 is 2.50 bits per heavy atom. The van der Waals surface area contributed by atoms with Gasteiger partial charge in [-0.1, -0.05) is 36.8 Å². The highest BCUT2D eigenvalue weighted by molar-refractivity contribution is 7.19. The lowest BCUT2D eigenvalue weighted by atomic mass is 9.81. The molecule has 3 heteroatoms. The van der Waals surface area contributed by atoms with Gasteiger partial charge in [-0.05, 0) is 80.0 Å². The van der Waals surface area contributed by atoms with Gasteiger partial charge in [-0.25, -0.2) is 4.98 Å². The van der Waals surface area contributed by atoms with Gasteiger partial charge in [0.1, 0.15) is 4.83 Å². The van der Waals surface area contributed by atoms with Crippen molar-refractivity contribution in [3.8, 4) is 11.1 Å². The number of halogens is 1. The Kier molecular flexibility index (Phi) is 4.83. The molecule has 2 aliphatic rings. The molecule has 0 amide bonds. The highest BCUT2D eigenvalue weighted by atomic mass is 35.5. The van der Waals surface area contributed by atoms with E-state index >= 15 is 0 Å². The normalized spacial score (nSPS) is 18.9. The number of nitrogens with zero attached hydrogens (tertiary/aromatic N) is 1. The zero-order chi connectivity index (χ0) is 17.0. The fourth-order valence-electron chi connectivity index (χ4n) is 4.77. The van der Waals surface area contributed by atoms with Crippen LogP contribution in [0.5, 0.6) is 0 Å². The lowest BCUT2D eigenvalue weighted by molar-refractivity contribution is 0.577. The van der Waals surface area contributed by atoms with E-state index < -0.39 is 0 Å². The molecule has 1 unspecified atom stereocenters. The third-order valence-electron chi connectivity index (χ3n) is 6.11. The number of rotatable bonds is 1. The summed E-state index contributed by atoms with van der Waals surface area (Å²) >= 11 is 1.98. The molecule has 0 radical (unpaired) electrons. The number of pyridine rings is 1. The Morgan fingerprint density at radius 1 is 0.962 bits per heavy atom. The van der Waals surface area contributed by atoms with Crippen LogP contribution >= 0.6 is 23.7 Å². The summed E-state index contributed by atoms with van der Waals surface area (Å²) in [6.07, 6.45) is 8.94. The summed E-state index contributed by atoms with van der Waals surface area (Å²) in [6.45, 7) is 4.54. The van der Waals surface area contributed by atoms with Crippen molar-refractivity contribution in [1.82, 2.24) is 4.98 Å². The zero-order valence-corrected chi connectivity index (χ0v) is 17.2. The van der Waals surface area contributed by atoms with Crippen LogP contribution < -0.4 is 0 Å². The maximum absolute atomic E-state index is 5.22. The minimum Gasteiger partial charge on any atom is -0.241 e. The topological polar surface area (TPSA) is 12.9 Å². The highest BCUT2D eigenvalue weighted by Crippen LogP contribution is 2.46. The first-order valence-electron chi connectivity index (χ1n) is 9.76. The van der Waals surface area contributed by atoms with Gasteiger partial charge in [-0.15, -0.1) is 23.7 Å². The second-order valence-electron chi connectivity index (χ2n) is 7.90. The van der Waals surface area contributed by atoms with E-state index in [1.807, 2.05) is 11.3 Å². The van der Waals surface area contributed by atoms with Crippen LogP contribution in [0.3, 0.4) is 0 Å². The number of benzene rings is 1. The molecule has 2 heterocycles. The van der Waals surface area contributed by atoms with Crippen LogP contribution in [0.4, 0.5) is 0 Å². The second-order valence-corrected chi connectivity index (χ2v) is 8.98. The van der Waals surface area contributed by atoms with Crippen LogP contribution in [0.2, 0.25) is 0 Å². The van der Waals surface area contributed by atoms with Gasteiger partial charge in [-0.3, -0.25) is 0 Å². The Balaban J connectivity index is 0.00000168. The molecule has 26 heavy (non-hydrogen) atoms. The van der Waals surface area contributed by atoms with Crippen LogP contribution in [0.1, 0.15) is 65.8 Å². The minimum absolute atomic E-state index is 0. The van der Waals surface area contributed by atoms with E-state index in [4.69, 9.17) is 4.98 Å². The highest BCUT2D eigenvalue weighted by Gasteiger charge is 2.27. The van der Waals surface area contributed by atoms with Crippen molar-refractivity contribution < 1.29 is 0 Å². The van der Waals surface area contributed by atoms with Crippen LogP contribution in [-0.2, 0) is 19.3 Å². The molecule has 5 rings (SSSR count). The fraction of sp³-hybridized carbons (Fsp3) is 0.435. The Morgan fingerprint density at radius 2 is 1.69 bits per heavy atom. The van der Waals surface area contributed by atoms with Crippen molar-refractivity contribution in [2.45, 2.75) is 64.7 Å². The molecule has 1 atom stereocenters. The number of thiophene rings is 1. The molecule has 1 nitrogen and oxygen atoms in total. The second kappa shape index (κ2) is 6.98. The van der Waals surface area contributed by atoms with Gasteiger partial charge in [0.05, 0.1) is 0 Å². The Hall–Kier alpha value is -1.38. The molecular formula is C23H26ClNS. The predicted octanol–water partition coefficient (Wildman–Crippen LogP) is 7.01. The standard InChI is InChI=1S/C23H25NS.ClH/c1-14-10-12-16(13-11-14)20-18-8-5-6-15(2)22(18)24-23-21(20)17-7-3-4-9-19(17)25-23;/h10-13,15H,3-9H2,1-2H3;1H. The van der Waals surface area contributed by atoms with E-state index in [0.717, 1.165) is 0 Å². The lowest BCUT2D eigenvalue weighted by Gasteiger charge is -2.25. The molecule has 1 aromatic carbocycles. The number of fused-ring (bicyclic) bond motifs is 4. The number of hydrogen-bond acceptors (Lipinski definition) is 2. The zero-order valence-electron chi connectivity index (χ0n) is 15.6. The third-order valence-corrected chi connectivity index (χ3v) is 7.29. The van der Waals surface area contributed by atoms with Gasteiger partial charge in [0.15, 0.2) is 0 Å². The van der Waals surface area contributed by atoms with E-state index in [9.17, 15) is 0 Å². The van der Waals surface area contributed by atoms with Gasteiger partial charge in [-0.2, -0.15) is 0 Å². The molecule has 3 aromatic rings. The van der Waals surface area contributed by atoms with E-state index in [1.54, 1.807) is 16.0 Å². The van der Waals surface area contributed by atoms with Gasteiger partial charge >= 0.3 is 0 Å². The molecule has 0 bridgehead atoms. The van der Waals surface area contributed by atoms with Crippen molar-refractivity contribution >= 4 is 34.0 Å². The van der Waals surface area contributed by atoms with Crippen LogP contribution in [0.15, 0.2) is 24.3 Å². The summed E-state index contributed by atoms with van der Waals surface area (Å²) in [5.74, 6) is 0.594. The Bertz CT molecular complexity index is 955. The van der Waals surface area contributed by atoms with Crippen LogP contribution in [-0.4, -0.2) is 4.98 Å². The third kappa shape index (κ3) is 2.78. The molecule has 2 aliphatic carbocycles. The summed E-state index contributed by atoms with van der Waals surface area (Å²) < 4.78 is 0. The number of hydrogen-bond donors (Lipinski definition) is 0. The van der Waals surface area contributed by atoms with E-state index in [0.29, 0.717) is 5.92 Å². The first-order chi connectivity index (χ1) is 12.2. The summed E-state index contributed by atoms with van der Waals surface area (Å²) in [4.78, 5) is 8.13. The molecule has 0 aliphatic heterocycles. The molecular weight excluding hydrogens is 358 g/mol. The number of aromatic nitrogens is 1. The smallest absolute Gasteiger partial charge is 0.124 e. The summed E-state index contributed by atoms with van der Waals surface area (Å²) in [5, 5.41) is 1.50. The monoisotopic (exact) mass is 383 g/mol. The minimum atomic E-state index is 0. The lowest BCUT2D eigenvalue weighted by Crippen LogP contribution is -2.11. The van der Waals surface area contributed by atoms with Crippen molar-refractivity contribution in [1.29, 1.82) is 0 Å². The van der Waals surface area contributed by atoms with Crippen molar-refractivity contribution in [2.24, 2.45) is 0 Å². The Labute approximate surface area is 166 Å². The quantitative estimate of drug-likeness (QED) is 0.440. The van der Waals surface area contributed by atoms with Crippen molar-refractivity contribution in [3.63, 3.8) is 0 Å². The summed E-state index contributed by atoms with van der Waals surface area (Å²) in [7, 11) is 0. The van der Waals surface area contributed by atoms with Crippen molar-refractivity contribution in [3.05, 3.63) is 51.5 Å². The SMILES string of the molecule is Cc1ccc(-c2c3c(nc4sc5c(c24)CCCC5)C(C)CCC3)cc1.Cl. The van der Waals surface area contributed by atoms with Gasteiger partial charge < -0.3 is 0 Å². The molecule has 0 fully saturated rings. The fourth-order valence-corrected chi connectivity index (χ4v) is 6.04.